The molecule has 1 unspecified atom stereocenters. The lowest BCUT2D eigenvalue weighted by Gasteiger charge is -2.16. The summed E-state index contributed by atoms with van der Waals surface area (Å²) >= 11 is 0. The summed E-state index contributed by atoms with van der Waals surface area (Å²) in [6, 6.07) is 14.7. The number of H-pyrrole nitrogens is 1. The molecule has 0 saturated carbocycles. The number of hydrogen-bond donors (Lipinski definition) is 2. The molecule has 176 valence electrons. The summed E-state index contributed by atoms with van der Waals surface area (Å²) in [7, 11) is 1.84. The van der Waals surface area contributed by atoms with E-state index in [9.17, 15) is 4.79 Å². The molecule has 36 heavy (non-hydrogen) atoms. The zero-order valence-electron chi connectivity index (χ0n) is 19.5. The maximum atomic E-state index is 12.6. The summed E-state index contributed by atoms with van der Waals surface area (Å²) < 4.78 is 1.71. The molecule has 0 saturated heterocycles. The summed E-state index contributed by atoms with van der Waals surface area (Å²) in [4.78, 5) is 38.3. The van der Waals surface area contributed by atoms with E-state index in [1.54, 1.807) is 29.3 Å². The van der Waals surface area contributed by atoms with E-state index in [0.29, 0.717) is 39.8 Å². The summed E-state index contributed by atoms with van der Waals surface area (Å²) in [6.45, 7) is 1.93. The first kappa shape index (κ1) is 21.5. The van der Waals surface area contributed by atoms with Gasteiger partial charge in [-0.2, -0.15) is 5.10 Å². The molecule has 10 heteroatoms. The van der Waals surface area contributed by atoms with Gasteiger partial charge in [0, 0.05) is 48.9 Å². The van der Waals surface area contributed by atoms with Gasteiger partial charge in [0.05, 0.1) is 22.9 Å². The van der Waals surface area contributed by atoms with Crippen LogP contribution in [0.15, 0.2) is 78.1 Å². The number of pyridine rings is 2. The summed E-state index contributed by atoms with van der Waals surface area (Å²) in [5, 5.41) is 8.87. The van der Waals surface area contributed by atoms with Crippen molar-refractivity contribution in [2.45, 2.75) is 13.0 Å². The average Bonchev–Trinajstić information content (AvgIpc) is 3.34. The van der Waals surface area contributed by atoms with Gasteiger partial charge in [0.2, 0.25) is 0 Å². The number of aryl methyl sites for hydroxylation is 1. The van der Waals surface area contributed by atoms with Crippen molar-refractivity contribution in [1.82, 2.24) is 39.7 Å². The highest BCUT2D eigenvalue weighted by Gasteiger charge is 2.19. The first-order valence-electron chi connectivity index (χ1n) is 11.4. The minimum Gasteiger partial charge on any atom is -0.373 e. The SMILES string of the molecule is CC(Nc1cc(=O)[nH]c2nc(-c3ccn(C)n3)c(-c3ccc4ncccc4c3)nc12)c1ncccn1. The van der Waals surface area contributed by atoms with Crippen LogP contribution in [0, 0.1) is 0 Å². The van der Waals surface area contributed by atoms with Crippen molar-refractivity contribution in [2.75, 3.05) is 5.32 Å². The van der Waals surface area contributed by atoms with Crippen LogP contribution in [0.2, 0.25) is 0 Å². The molecule has 1 atom stereocenters. The third-order valence-corrected chi connectivity index (χ3v) is 5.85. The smallest absolute Gasteiger partial charge is 0.251 e. The number of benzene rings is 1. The number of anilines is 1. The molecule has 5 heterocycles. The zero-order valence-corrected chi connectivity index (χ0v) is 19.5. The Morgan fingerprint density at radius 2 is 1.78 bits per heavy atom. The molecule has 0 aliphatic carbocycles. The molecule has 2 N–H and O–H groups in total. The first-order chi connectivity index (χ1) is 17.5. The second-order valence-corrected chi connectivity index (χ2v) is 8.42. The van der Waals surface area contributed by atoms with E-state index in [4.69, 9.17) is 9.97 Å². The van der Waals surface area contributed by atoms with E-state index in [1.165, 1.54) is 6.07 Å². The van der Waals surface area contributed by atoms with Gasteiger partial charge in [0.15, 0.2) is 5.65 Å². The van der Waals surface area contributed by atoms with Crippen molar-refractivity contribution < 1.29 is 0 Å². The molecular weight excluding hydrogens is 454 g/mol. The molecule has 0 fully saturated rings. The summed E-state index contributed by atoms with van der Waals surface area (Å²) in [5.74, 6) is 0.603. The second kappa shape index (κ2) is 8.66. The van der Waals surface area contributed by atoms with Crippen LogP contribution < -0.4 is 10.9 Å². The van der Waals surface area contributed by atoms with Crippen LogP contribution >= 0.6 is 0 Å². The highest BCUT2D eigenvalue weighted by molar-refractivity contribution is 5.92. The van der Waals surface area contributed by atoms with Crippen LogP contribution in [-0.2, 0) is 7.05 Å². The first-order valence-corrected chi connectivity index (χ1v) is 11.4. The molecule has 0 aliphatic heterocycles. The molecule has 0 amide bonds. The predicted octanol–water partition coefficient (Wildman–Crippen LogP) is 3.90. The molecule has 0 aliphatic rings. The fraction of sp³-hybridized carbons (Fsp3) is 0.115. The Bertz CT molecular complexity index is 1780. The van der Waals surface area contributed by atoms with Crippen molar-refractivity contribution in [3.8, 4) is 22.6 Å². The quantitative estimate of drug-likeness (QED) is 0.384. The van der Waals surface area contributed by atoms with Crippen LogP contribution in [0.25, 0.3) is 44.7 Å². The largest absolute Gasteiger partial charge is 0.373 e. The topological polar surface area (TPSA) is 127 Å². The lowest BCUT2D eigenvalue weighted by molar-refractivity contribution is 0.770. The number of aromatic amines is 1. The lowest BCUT2D eigenvalue weighted by atomic mass is 10.0. The van der Waals surface area contributed by atoms with Crippen LogP contribution in [-0.4, -0.2) is 39.7 Å². The molecule has 5 aromatic heterocycles. The minimum atomic E-state index is -0.294. The van der Waals surface area contributed by atoms with Gasteiger partial charge in [-0.25, -0.2) is 19.9 Å². The third-order valence-electron chi connectivity index (χ3n) is 5.85. The maximum Gasteiger partial charge on any atom is 0.251 e. The number of fused-ring (bicyclic) bond motifs is 2. The average molecular weight is 476 g/mol. The van der Waals surface area contributed by atoms with Gasteiger partial charge in [-0.05, 0) is 37.3 Å². The van der Waals surface area contributed by atoms with Crippen LogP contribution in [0.5, 0.6) is 0 Å². The van der Waals surface area contributed by atoms with Gasteiger partial charge in [0.25, 0.3) is 5.56 Å². The van der Waals surface area contributed by atoms with Crippen LogP contribution in [0.4, 0.5) is 5.69 Å². The zero-order chi connectivity index (χ0) is 24.6. The third kappa shape index (κ3) is 3.94. The van der Waals surface area contributed by atoms with Gasteiger partial charge in [0.1, 0.15) is 22.7 Å². The van der Waals surface area contributed by atoms with Crippen molar-refractivity contribution >= 4 is 27.8 Å². The Balaban J connectivity index is 1.57. The van der Waals surface area contributed by atoms with E-state index < -0.39 is 0 Å². The molecule has 0 radical (unpaired) electrons. The number of nitrogens with zero attached hydrogens (tertiary/aromatic N) is 7. The Morgan fingerprint density at radius 1 is 0.944 bits per heavy atom. The van der Waals surface area contributed by atoms with Crippen molar-refractivity contribution in [3.05, 3.63) is 89.5 Å². The molecule has 6 aromatic rings. The highest BCUT2D eigenvalue weighted by Crippen LogP contribution is 2.33. The molecule has 10 nitrogen and oxygen atoms in total. The van der Waals surface area contributed by atoms with E-state index >= 15 is 0 Å². The van der Waals surface area contributed by atoms with E-state index in [1.807, 2.05) is 56.6 Å². The van der Waals surface area contributed by atoms with Crippen molar-refractivity contribution in [1.29, 1.82) is 0 Å². The fourth-order valence-corrected chi connectivity index (χ4v) is 4.15. The summed E-state index contributed by atoms with van der Waals surface area (Å²) in [6.07, 6.45) is 6.98. The van der Waals surface area contributed by atoms with Gasteiger partial charge >= 0.3 is 0 Å². The highest BCUT2D eigenvalue weighted by atomic mass is 16.1. The van der Waals surface area contributed by atoms with Gasteiger partial charge < -0.3 is 10.3 Å². The standard InChI is InChI=1S/C26H21N9O/c1-15(25-28-10-4-11-29-25)30-20-14-21(36)31-26-24(20)32-22(23(33-26)19-8-12-35(2)34-19)17-6-7-18-16(13-17)5-3-9-27-18/h3-15H,1-2H3,(H2,30,31,33,36). The van der Waals surface area contributed by atoms with E-state index in [-0.39, 0.29) is 11.6 Å². The van der Waals surface area contributed by atoms with Crippen molar-refractivity contribution in [3.63, 3.8) is 0 Å². The van der Waals surface area contributed by atoms with Gasteiger partial charge in [-0.15, -0.1) is 0 Å². The fourth-order valence-electron chi connectivity index (χ4n) is 4.15. The molecule has 0 spiro atoms. The number of nitrogens with one attached hydrogen (secondary N) is 2. The molecular formula is C26H21N9O. The van der Waals surface area contributed by atoms with E-state index in [0.717, 1.165) is 16.5 Å². The Morgan fingerprint density at radius 3 is 2.58 bits per heavy atom. The molecule has 6 rings (SSSR count). The Hall–Kier alpha value is -4.99. The normalized spacial score (nSPS) is 12.2. The predicted molar refractivity (Wildman–Crippen MR) is 137 cm³/mol. The number of rotatable bonds is 5. The van der Waals surface area contributed by atoms with Crippen LogP contribution in [0.3, 0.4) is 0 Å². The number of hydrogen-bond acceptors (Lipinski definition) is 8. The Kier molecular flexibility index (Phi) is 5.18. The number of aromatic nitrogens is 8. The van der Waals surface area contributed by atoms with Gasteiger partial charge in [-0.1, -0.05) is 12.1 Å². The second-order valence-electron chi connectivity index (χ2n) is 8.42. The minimum absolute atomic E-state index is 0.261. The van der Waals surface area contributed by atoms with Gasteiger partial charge in [-0.3, -0.25) is 14.5 Å². The van der Waals surface area contributed by atoms with Crippen molar-refractivity contribution in [2.24, 2.45) is 7.05 Å². The van der Waals surface area contributed by atoms with E-state index in [2.05, 4.69) is 30.4 Å². The monoisotopic (exact) mass is 475 g/mol. The Labute approximate surface area is 205 Å². The molecule has 1 aromatic carbocycles. The lowest BCUT2D eigenvalue weighted by Crippen LogP contribution is -2.15. The maximum absolute atomic E-state index is 12.6. The molecule has 0 bridgehead atoms. The van der Waals surface area contributed by atoms with Crippen LogP contribution in [0.1, 0.15) is 18.8 Å². The summed E-state index contributed by atoms with van der Waals surface area (Å²) in [5.41, 5.74) is 4.74.